The highest BCUT2D eigenvalue weighted by Crippen LogP contribution is 2.45. The molecule has 2 heterocycles. The zero-order chi connectivity index (χ0) is 19.9. The quantitative estimate of drug-likeness (QED) is 0.817. The summed E-state index contributed by atoms with van der Waals surface area (Å²) in [5, 5.41) is 3.03. The van der Waals surface area contributed by atoms with Gasteiger partial charge in [0.15, 0.2) is 5.72 Å². The molecule has 2 aliphatic heterocycles. The Hall–Kier alpha value is -3.22. The summed E-state index contributed by atoms with van der Waals surface area (Å²) in [5.41, 5.74) is 1.08. The largest absolute Gasteiger partial charge is 0.494 e. The number of benzene rings is 2. The molecular weight excluding hydrogens is 360 g/mol. The Balaban J connectivity index is 1.68. The summed E-state index contributed by atoms with van der Waals surface area (Å²) < 4.78 is 16.5. The lowest BCUT2D eigenvalue weighted by Gasteiger charge is -2.50. The molecule has 0 spiro atoms. The molecule has 0 aromatic heterocycles. The molecule has 2 aromatic rings. The van der Waals surface area contributed by atoms with Crippen LogP contribution in [0.5, 0.6) is 11.5 Å². The second-order valence-corrected chi connectivity index (χ2v) is 6.99. The lowest BCUT2D eigenvalue weighted by Crippen LogP contribution is -2.65. The van der Waals surface area contributed by atoms with Crippen LogP contribution in [-0.4, -0.2) is 31.4 Å². The molecule has 7 nitrogen and oxygen atoms in total. The first-order valence-corrected chi connectivity index (χ1v) is 9.20. The molecule has 4 rings (SSSR count). The number of methoxy groups -OCH3 is 1. The molecule has 1 saturated heterocycles. The van der Waals surface area contributed by atoms with E-state index < -0.39 is 11.7 Å². The fourth-order valence-corrected chi connectivity index (χ4v) is 3.87. The van der Waals surface area contributed by atoms with Crippen LogP contribution in [0.1, 0.15) is 42.2 Å². The van der Waals surface area contributed by atoms with E-state index in [1.54, 1.807) is 23.1 Å². The van der Waals surface area contributed by atoms with Gasteiger partial charge in [-0.1, -0.05) is 0 Å². The fraction of sp³-hybridized carbons (Fsp3) is 0.333. The molecule has 146 valence electrons. The molecule has 2 bridgehead atoms. The third kappa shape index (κ3) is 2.93. The number of nitrogens with zero attached hydrogens (tertiary/aromatic N) is 1. The van der Waals surface area contributed by atoms with Gasteiger partial charge in [-0.05, 0) is 56.3 Å². The van der Waals surface area contributed by atoms with Crippen LogP contribution in [0.15, 0.2) is 42.5 Å². The maximum Gasteiger partial charge on any atom is 0.337 e. The molecular formula is C21H22N2O5. The summed E-state index contributed by atoms with van der Waals surface area (Å²) in [7, 11) is 1.34. The van der Waals surface area contributed by atoms with Crippen LogP contribution in [0.3, 0.4) is 0 Å². The van der Waals surface area contributed by atoms with Crippen molar-refractivity contribution >= 4 is 17.7 Å². The average Bonchev–Trinajstić information content (AvgIpc) is 2.68. The lowest BCUT2D eigenvalue weighted by molar-refractivity contribution is 0.0377. The van der Waals surface area contributed by atoms with Gasteiger partial charge in [0.2, 0.25) is 0 Å². The number of rotatable bonds is 4. The van der Waals surface area contributed by atoms with Crippen molar-refractivity contribution in [1.29, 1.82) is 0 Å². The molecule has 2 aromatic carbocycles. The van der Waals surface area contributed by atoms with Crippen LogP contribution in [0.4, 0.5) is 10.5 Å². The number of fused-ring (bicyclic) bond motifs is 4. The highest BCUT2D eigenvalue weighted by molar-refractivity contribution is 5.95. The van der Waals surface area contributed by atoms with Gasteiger partial charge in [0.05, 0.1) is 25.3 Å². The first-order valence-electron chi connectivity index (χ1n) is 9.20. The van der Waals surface area contributed by atoms with Gasteiger partial charge in [0, 0.05) is 17.7 Å². The summed E-state index contributed by atoms with van der Waals surface area (Å²) in [6.45, 7) is 4.40. The van der Waals surface area contributed by atoms with E-state index >= 15 is 0 Å². The smallest absolute Gasteiger partial charge is 0.337 e. The van der Waals surface area contributed by atoms with Crippen LogP contribution in [0.2, 0.25) is 0 Å². The van der Waals surface area contributed by atoms with Crippen LogP contribution < -0.4 is 19.7 Å². The summed E-state index contributed by atoms with van der Waals surface area (Å²) >= 11 is 0. The van der Waals surface area contributed by atoms with E-state index in [0.29, 0.717) is 24.3 Å². The highest BCUT2D eigenvalue weighted by Gasteiger charge is 2.50. The van der Waals surface area contributed by atoms with Gasteiger partial charge in [-0.25, -0.2) is 9.59 Å². The van der Waals surface area contributed by atoms with E-state index in [2.05, 4.69) is 5.32 Å². The topological polar surface area (TPSA) is 77.1 Å². The zero-order valence-corrected chi connectivity index (χ0v) is 16.0. The molecule has 7 heteroatoms. The number of urea groups is 1. The first-order chi connectivity index (χ1) is 13.4. The van der Waals surface area contributed by atoms with Crippen molar-refractivity contribution in [2.75, 3.05) is 18.6 Å². The fourth-order valence-electron chi connectivity index (χ4n) is 3.87. The molecule has 1 fully saturated rings. The number of esters is 1. The Morgan fingerprint density at radius 2 is 2.04 bits per heavy atom. The number of amides is 2. The summed E-state index contributed by atoms with van der Waals surface area (Å²) in [5.74, 6) is 0.966. The molecule has 28 heavy (non-hydrogen) atoms. The Morgan fingerprint density at radius 3 is 2.71 bits per heavy atom. The van der Waals surface area contributed by atoms with Crippen LogP contribution in [-0.2, 0) is 4.74 Å². The summed E-state index contributed by atoms with van der Waals surface area (Å²) in [6, 6.07) is 12.0. The van der Waals surface area contributed by atoms with Crippen molar-refractivity contribution in [2.45, 2.75) is 32.0 Å². The SMILES string of the molecule is CCOc1ccc(N2C(=O)NC3CC2(C)Oc2ccc(C(=O)OC)cc23)cc1. The molecule has 2 unspecified atom stereocenters. The van der Waals surface area contributed by atoms with Gasteiger partial charge >= 0.3 is 12.0 Å². The molecule has 2 amide bonds. The normalized spacial score (nSPS) is 22.6. The summed E-state index contributed by atoms with van der Waals surface area (Å²) in [4.78, 5) is 26.4. The Labute approximate surface area is 163 Å². The molecule has 2 aliphatic rings. The van der Waals surface area contributed by atoms with Gasteiger partial charge in [-0.3, -0.25) is 4.90 Å². The Morgan fingerprint density at radius 1 is 1.29 bits per heavy atom. The van der Waals surface area contributed by atoms with Crippen molar-refractivity contribution < 1.29 is 23.8 Å². The molecule has 1 N–H and O–H groups in total. The van der Waals surface area contributed by atoms with Gasteiger partial charge in [0.1, 0.15) is 11.5 Å². The Bertz CT molecular complexity index is 927. The molecule has 2 atom stereocenters. The van der Waals surface area contributed by atoms with Crippen molar-refractivity contribution in [1.82, 2.24) is 5.32 Å². The van der Waals surface area contributed by atoms with E-state index in [-0.39, 0.29) is 12.1 Å². The van der Waals surface area contributed by atoms with Gasteiger partial charge in [-0.15, -0.1) is 0 Å². The van der Waals surface area contributed by atoms with Crippen molar-refractivity contribution in [3.8, 4) is 11.5 Å². The molecule has 0 radical (unpaired) electrons. The van der Waals surface area contributed by atoms with Gasteiger partial charge in [-0.2, -0.15) is 0 Å². The highest BCUT2D eigenvalue weighted by atomic mass is 16.5. The number of hydrogen-bond acceptors (Lipinski definition) is 5. The second-order valence-electron chi connectivity index (χ2n) is 6.99. The first kappa shape index (κ1) is 18.2. The third-order valence-corrected chi connectivity index (χ3v) is 5.10. The van der Waals surface area contributed by atoms with E-state index in [1.807, 2.05) is 38.1 Å². The zero-order valence-electron chi connectivity index (χ0n) is 16.0. The number of nitrogens with one attached hydrogen (secondary N) is 1. The minimum atomic E-state index is -0.847. The van der Waals surface area contributed by atoms with Crippen molar-refractivity contribution in [2.24, 2.45) is 0 Å². The van der Waals surface area contributed by atoms with E-state index in [1.165, 1.54) is 7.11 Å². The van der Waals surface area contributed by atoms with Gasteiger partial charge in [0.25, 0.3) is 0 Å². The minimum absolute atomic E-state index is 0.246. The van der Waals surface area contributed by atoms with E-state index in [9.17, 15) is 9.59 Å². The lowest BCUT2D eigenvalue weighted by atomic mass is 9.89. The van der Waals surface area contributed by atoms with Gasteiger partial charge < -0.3 is 19.5 Å². The number of carbonyl (C=O) groups is 2. The van der Waals surface area contributed by atoms with Crippen LogP contribution >= 0.6 is 0 Å². The predicted octanol–water partition coefficient (Wildman–Crippen LogP) is 3.64. The second kappa shape index (κ2) is 6.74. The Kier molecular flexibility index (Phi) is 4.37. The van der Waals surface area contributed by atoms with E-state index in [0.717, 1.165) is 17.0 Å². The number of carbonyl (C=O) groups excluding carboxylic acids is 2. The van der Waals surface area contributed by atoms with Crippen molar-refractivity contribution in [3.05, 3.63) is 53.6 Å². The van der Waals surface area contributed by atoms with Crippen molar-refractivity contribution in [3.63, 3.8) is 0 Å². The maximum absolute atomic E-state index is 12.9. The predicted molar refractivity (Wildman–Crippen MR) is 103 cm³/mol. The minimum Gasteiger partial charge on any atom is -0.494 e. The number of hydrogen-bond donors (Lipinski definition) is 1. The molecule has 0 saturated carbocycles. The van der Waals surface area contributed by atoms with Crippen LogP contribution in [0.25, 0.3) is 0 Å². The monoisotopic (exact) mass is 382 g/mol. The van der Waals surface area contributed by atoms with E-state index in [4.69, 9.17) is 14.2 Å². The molecule has 0 aliphatic carbocycles. The third-order valence-electron chi connectivity index (χ3n) is 5.10. The summed E-state index contributed by atoms with van der Waals surface area (Å²) in [6.07, 6.45) is 0.545. The van der Waals surface area contributed by atoms with Crippen LogP contribution in [0, 0.1) is 0 Å². The average molecular weight is 382 g/mol. The standard InChI is InChI=1S/C21H22N2O5/c1-4-27-15-8-6-14(7-9-15)23-20(25)22-17-12-21(23,2)28-18-10-5-13(11-16(17)18)19(24)26-3/h5-11,17H,4,12H2,1-3H3,(H,22,25). The number of ether oxygens (including phenoxy) is 3. The number of anilines is 1. The maximum atomic E-state index is 12.9.